The van der Waals surface area contributed by atoms with E-state index in [4.69, 9.17) is 9.15 Å². The van der Waals surface area contributed by atoms with Crippen LogP contribution in [0.4, 0.5) is 0 Å². The highest BCUT2D eigenvalue weighted by Crippen LogP contribution is 2.21. The Hall–Kier alpha value is -2.58. The van der Waals surface area contributed by atoms with Gasteiger partial charge >= 0.3 is 0 Å². The zero-order valence-corrected chi connectivity index (χ0v) is 17.1. The number of hydrogen-bond donors (Lipinski definition) is 0. The average Bonchev–Trinajstić information content (AvgIpc) is 3.43. The van der Waals surface area contributed by atoms with Crippen LogP contribution in [-0.4, -0.2) is 45.9 Å². The maximum Gasteiger partial charge on any atom is 0.262 e. The second kappa shape index (κ2) is 8.84. The molecule has 0 bridgehead atoms. The average molecular weight is 413 g/mol. The summed E-state index contributed by atoms with van der Waals surface area (Å²) in [6.45, 7) is 1.58. The first-order valence-electron chi connectivity index (χ1n) is 9.62. The number of nitrogens with zero attached hydrogens (tertiary/aromatic N) is 3. The van der Waals surface area contributed by atoms with Gasteiger partial charge in [-0.25, -0.2) is 4.98 Å². The number of carbonyl (C=O) groups excluding carboxylic acids is 1. The summed E-state index contributed by atoms with van der Waals surface area (Å²) in [5, 5.41) is 1.13. The normalized spacial score (nSPS) is 16.4. The second-order valence-electron chi connectivity index (χ2n) is 7.08. The van der Waals surface area contributed by atoms with Crippen molar-refractivity contribution in [3.63, 3.8) is 0 Å². The number of furan rings is 1. The van der Waals surface area contributed by atoms with Crippen LogP contribution < -0.4 is 5.56 Å². The molecule has 1 fully saturated rings. The molecular weight excluding hydrogens is 390 g/mol. The summed E-state index contributed by atoms with van der Waals surface area (Å²) >= 11 is 1.28. The number of benzene rings is 1. The first-order chi connectivity index (χ1) is 14.1. The zero-order chi connectivity index (χ0) is 20.2. The van der Waals surface area contributed by atoms with Crippen LogP contribution in [0.3, 0.4) is 0 Å². The smallest absolute Gasteiger partial charge is 0.262 e. The lowest BCUT2D eigenvalue weighted by Crippen LogP contribution is -2.30. The summed E-state index contributed by atoms with van der Waals surface area (Å²) in [5.41, 5.74) is 0.546. The Morgan fingerprint density at radius 3 is 2.93 bits per heavy atom. The van der Waals surface area contributed by atoms with E-state index in [1.807, 2.05) is 24.3 Å². The van der Waals surface area contributed by atoms with E-state index < -0.39 is 0 Å². The van der Waals surface area contributed by atoms with E-state index in [2.05, 4.69) is 4.98 Å². The monoisotopic (exact) mass is 413 g/mol. The van der Waals surface area contributed by atoms with Gasteiger partial charge in [0.2, 0.25) is 5.91 Å². The molecule has 1 atom stereocenters. The molecule has 3 heterocycles. The van der Waals surface area contributed by atoms with Gasteiger partial charge in [-0.05, 0) is 37.1 Å². The largest absolute Gasteiger partial charge is 0.467 e. The lowest BCUT2D eigenvalue weighted by Gasteiger charge is -2.18. The van der Waals surface area contributed by atoms with Crippen LogP contribution in [0, 0.1) is 0 Å². The molecule has 7 nitrogen and oxygen atoms in total. The van der Waals surface area contributed by atoms with E-state index in [0.717, 1.165) is 25.2 Å². The van der Waals surface area contributed by atoms with Crippen molar-refractivity contribution in [1.29, 1.82) is 0 Å². The summed E-state index contributed by atoms with van der Waals surface area (Å²) in [6, 6.07) is 10.9. The van der Waals surface area contributed by atoms with E-state index in [1.165, 1.54) is 11.8 Å². The zero-order valence-electron chi connectivity index (χ0n) is 16.2. The number of para-hydroxylation sites is 1. The number of hydrogen-bond acceptors (Lipinski definition) is 6. The van der Waals surface area contributed by atoms with Gasteiger partial charge in [0, 0.05) is 13.7 Å². The second-order valence-corrected chi connectivity index (χ2v) is 8.02. The number of rotatable bonds is 7. The fourth-order valence-corrected chi connectivity index (χ4v) is 4.32. The highest BCUT2D eigenvalue weighted by Gasteiger charge is 2.21. The maximum atomic E-state index is 13.1. The van der Waals surface area contributed by atoms with E-state index in [1.54, 1.807) is 34.9 Å². The van der Waals surface area contributed by atoms with Crippen LogP contribution in [0.15, 0.2) is 57.0 Å². The molecule has 0 saturated carbocycles. The molecule has 152 valence electrons. The Bertz CT molecular complexity index is 1040. The van der Waals surface area contributed by atoms with Crippen LogP contribution in [-0.2, 0) is 22.6 Å². The summed E-state index contributed by atoms with van der Waals surface area (Å²) in [7, 11) is 1.73. The molecule has 2 aromatic heterocycles. The van der Waals surface area contributed by atoms with E-state index >= 15 is 0 Å². The van der Waals surface area contributed by atoms with Crippen molar-refractivity contribution in [3.05, 3.63) is 58.8 Å². The number of carbonyl (C=O) groups is 1. The van der Waals surface area contributed by atoms with Crippen LogP contribution in [0.1, 0.15) is 18.6 Å². The molecule has 1 aliphatic rings. The summed E-state index contributed by atoms with van der Waals surface area (Å²) in [5.74, 6) is 0.857. The Kier molecular flexibility index (Phi) is 6.01. The van der Waals surface area contributed by atoms with Gasteiger partial charge in [-0.2, -0.15) is 0 Å². The minimum Gasteiger partial charge on any atom is -0.467 e. The Morgan fingerprint density at radius 2 is 2.17 bits per heavy atom. The quantitative estimate of drug-likeness (QED) is 0.438. The highest BCUT2D eigenvalue weighted by atomic mass is 32.2. The fourth-order valence-electron chi connectivity index (χ4n) is 3.37. The fraction of sp³-hybridized carbons (Fsp3) is 0.381. The molecule has 4 rings (SSSR count). The molecule has 1 amide bonds. The summed E-state index contributed by atoms with van der Waals surface area (Å²) < 4.78 is 12.7. The molecule has 1 unspecified atom stereocenters. The number of amides is 1. The van der Waals surface area contributed by atoms with Crippen LogP contribution in [0.5, 0.6) is 0 Å². The minimum absolute atomic E-state index is 0.00680. The number of thioether (sulfide) groups is 1. The Morgan fingerprint density at radius 1 is 1.31 bits per heavy atom. The first-order valence-corrected chi connectivity index (χ1v) is 10.6. The molecule has 29 heavy (non-hydrogen) atoms. The SMILES string of the molecule is CN(Cc1ccco1)C(=O)CSc1nc2ccccc2c(=O)n1CC1CCCO1. The van der Waals surface area contributed by atoms with E-state index in [0.29, 0.717) is 29.1 Å². The number of aromatic nitrogens is 2. The minimum atomic E-state index is -0.0926. The molecule has 3 aromatic rings. The molecule has 8 heteroatoms. The lowest BCUT2D eigenvalue weighted by atomic mass is 10.2. The standard InChI is InChI=1S/C21H23N3O4S/c1-23(12-15-6-4-10-27-15)19(25)14-29-21-22-18-9-3-2-8-17(18)20(26)24(21)13-16-7-5-11-28-16/h2-4,6,8-10,16H,5,7,11-14H2,1H3. The molecule has 0 aliphatic carbocycles. The number of fused-ring (bicyclic) bond motifs is 1. The molecule has 1 saturated heterocycles. The van der Waals surface area contributed by atoms with E-state index in [9.17, 15) is 9.59 Å². The van der Waals surface area contributed by atoms with Crippen molar-refractivity contribution < 1.29 is 13.9 Å². The van der Waals surface area contributed by atoms with Gasteiger partial charge in [0.05, 0.1) is 42.1 Å². The van der Waals surface area contributed by atoms with Crippen molar-refractivity contribution in [1.82, 2.24) is 14.5 Å². The molecule has 0 spiro atoms. The third kappa shape index (κ3) is 4.54. The van der Waals surface area contributed by atoms with Crippen molar-refractivity contribution in [2.75, 3.05) is 19.4 Å². The highest BCUT2D eigenvalue weighted by molar-refractivity contribution is 7.99. The van der Waals surface area contributed by atoms with Crippen LogP contribution >= 0.6 is 11.8 Å². The van der Waals surface area contributed by atoms with Gasteiger partial charge in [-0.1, -0.05) is 23.9 Å². The molecule has 0 radical (unpaired) electrons. The predicted octanol–water partition coefficient (Wildman–Crippen LogP) is 2.92. The Balaban J connectivity index is 1.54. The number of ether oxygens (including phenoxy) is 1. The summed E-state index contributed by atoms with van der Waals surface area (Å²) in [4.78, 5) is 31.9. The lowest BCUT2D eigenvalue weighted by molar-refractivity contribution is -0.127. The summed E-state index contributed by atoms with van der Waals surface area (Å²) in [6.07, 6.45) is 3.52. The van der Waals surface area contributed by atoms with Gasteiger partial charge < -0.3 is 14.1 Å². The Labute approximate surface area is 172 Å². The van der Waals surface area contributed by atoms with Crippen molar-refractivity contribution in [2.24, 2.45) is 0 Å². The topological polar surface area (TPSA) is 77.6 Å². The van der Waals surface area contributed by atoms with E-state index in [-0.39, 0.29) is 23.3 Å². The van der Waals surface area contributed by atoms with Gasteiger partial charge in [-0.15, -0.1) is 0 Å². The first kappa shape index (κ1) is 19.7. The third-order valence-corrected chi connectivity index (χ3v) is 5.92. The van der Waals surface area contributed by atoms with Gasteiger partial charge in [0.1, 0.15) is 5.76 Å². The van der Waals surface area contributed by atoms with Crippen molar-refractivity contribution >= 4 is 28.6 Å². The molecule has 0 N–H and O–H groups in total. The van der Waals surface area contributed by atoms with Gasteiger partial charge in [-0.3, -0.25) is 14.2 Å². The van der Waals surface area contributed by atoms with Gasteiger partial charge in [0.25, 0.3) is 5.56 Å². The molecule has 1 aliphatic heterocycles. The van der Waals surface area contributed by atoms with Crippen molar-refractivity contribution in [3.8, 4) is 0 Å². The molecular formula is C21H23N3O4S. The maximum absolute atomic E-state index is 13.1. The third-order valence-electron chi connectivity index (χ3n) is 4.96. The van der Waals surface area contributed by atoms with Crippen LogP contribution in [0.2, 0.25) is 0 Å². The predicted molar refractivity (Wildman–Crippen MR) is 111 cm³/mol. The van der Waals surface area contributed by atoms with Gasteiger partial charge in [0.15, 0.2) is 5.16 Å². The van der Waals surface area contributed by atoms with Crippen LogP contribution in [0.25, 0.3) is 10.9 Å². The van der Waals surface area contributed by atoms with Crippen molar-refractivity contribution in [2.45, 2.75) is 37.2 Å². The molecule has 1 aromatic carbocycles.